The molecule has 4 heterocycles. The molecular formula is C15H20N8O2. The van der Waals surface area contributed by atoms with E-state index in [1.165, 1.54) is 5.56 Å². The molecular weight excluding hydrogens is 324 g/mol. The molecule has 0 amide bonds. The van der Waals surface area contributed by atoms with Crippen LogP contribution in [0, 0.1) is 0 Å². The maximum Gasteiger partial charge on any atom is 0.245 e. The van der Waals surface area contributed by atoms with E-state index in [4.69, 9.17) is 9.37 Å². The minimum atomic E-state index is 0.417. The van der Waals surface area contributed by atoms with Crippen molar-refractivity contribution in [3.63, 3.8) is 0 Å². The summed E-state index contributed by atoms with van der Waals surface area (Å²) in [6, 6.07) is 0. The highest BCUT2D eigenvalue weighted by Crippen LogP contribution is 2.27. The van der Waals surface area contributed by atoms with Crippen molar-refractivity contribution in [1.29, 1.82) is 0 Å². The largest absolute Gasteiger partial charge is 0.378 e. The summed E-state index contributed by atoms with van der Waals surface area (Å²) in [6.45, 7) is 3.68. The Morgan fingerprint density at radius 1 is 1.16 bits per heavy atom. The minimum Gasteiger partial charge on any atom is -0.378 e. The SMILES string of the molecule is CN(CCc1cnn(C)c1)c1nc2nonc2nc1N1CCOCC1. The number of morpholine rings is 1. The smallest absolute Gasteiger partial charge is 0.245 e. The van der Waals surface area contributed by atoms with Gasteiger partial charge in [-0.05, 0) is 22.3 Å². The molecule has 0 N–H and O–H groups in total. The van der Waals surface area contributed by atoms with E-state index in [1.54, 1.807) is 4.68 Å². The van der Waals surface area contributed by atoms with Crippen molar-refractivity contribution in [3.05, 3.63) is 18.0 Å². The molecule has 0 atom stereocenters. The van der Waals surface area contributed by atoms with Crippen LogP contribution in [-0.4, -0.2) is 70.0 Å². The molecule has 0 bridgehead atoms. The van der Waals surface area contributed by atoms with Crippen LogP contribution in [0.15, 0.2) is 17.0 Å². The van der Waals surface area contributed by atoms with Crippen LogP contribution in [0.1, 0.15) is 5.56 Å². The van der Waals surface area contributed by atoms with Gasteiger partial charge in [0.15, 0.2) is 11.6 Å². The van der Waals surface area contributed by atoms with E-state index in [1.807, 2.05) is 26.5 Å². The first-order chi connectivity index (χ1) is 12.2. The quantitative estimate of drug-likeness (QED) is 0.645. The van der Waals surface area contributed by atoms with Gasteiger partial charge < -0.3 is 14.5 Å². The molecule has 4 rings (SSSR count). The van der Waals surface area contributed by atoms with Gasteiger partial charge in [0.1, 0.15) is 0 Å². The van der Waals surface area contributed by atoms with Crippen LogP contribution in [0.3, 0.4) is 0 Å². The molecule has 0 aromatic carbocycles. The molecule has 3 aromatic rings. The van der Waals surface area contributed by atoms with Crippen molar-refractivity contribution in [2.24, 2.45) is 7.05 Å². The average molecular weight is 344 g/mol. The van der Waals surface area contributed by atoms with Crippen LogP contribution in [0.4, 0.5) is 11.6 Å². The molecule has 1 aliphatic heterocycles. The Morgan fingerprint density at radius 3 is 2.64 bits per heavy atom. The number of fused-ring (bicyclic) bond motifs is 1. The lowest BCUT2D eigenvalue weighted by Gasteiger charge is -2.30. The van der Waals surface area contributed by atoms with Crippen LogP contribution >= 0.6 is 0 Å². The molecule has 0 unspecified atom stereocenters. The van der Waals surface area contributed by atoms with Crippen molar-refractivity contribution in [1.82, 2.24) is 30.1 Å². The third-order valence-electron chi connectivity index (χ3n) is 4.24. The summed E-state index contributed by atoms with van der Waals surface area (Å²) in [5, 5.41) is 11.9. The van der Waals surface area contributed by atoms with Crippen LogP contribution < -0.4 is 9.80 Å². The van der Waals surface area contributed by atoms with Crippen LogP contribution in [0.5, 0.6) is 0 Å². The van der Waals surface area contributed by atoms with Gasteiger partial charge in [0, 0.05) is 39.9 Å². The normalized spacial score (nSPS) is 15.0. The minimum absolute atomic E-state index is 0.417. The number of hydrogen-bond acceptors (Lipinski definition) is 9. The van der Waals surface area contributed by atoms with E-state index in [0.717, 1.165) is 37.7 Å². The fraction of sp³-hybridized carbons (Fsp3) is 0.533. The Labute approximate surface area is 144 Å². The highest BCUT2D eigenvalue weighted by atomic mass is 16.6. The van der Waals surface area contributed by atoms with Gasteiger partial charge in [-0.2, -0.15) is 5.10 Å². The molecule has 1 aliphatic rings. The molecule has 0 aliphatic carbocycles. The van der Waals surface area contributed by atoms with E-state index >= 15 is 0 Å². The summed E-state index contributed by atoms with van der Waals surface area (Å²) in [5.41, 5.74) is 2.02. The van der Waals surface area contributed by atoms with E-state index in [0.29, 0.717) is 24.5 Å². The van der Waals surface area contributed by atoms with Gasteiger partial charge in [0.05, 0.1) is 19.4 Å². The summed E-state index contributed by atoms with van der Waals surface area (Å²) in [4.78, 5) is 13.5. The van der Waals surface area contributed by atoms with Gasteiger partial charge in [-0.25, -0.2) is 14.6 Å². The van der Waals surface area contributed by atoms with Crippen molar-refractivity contribution < 1.29 is 9.37 Å². The number of likely N-dealkylation sites (N-methyl/N-ethyl adjacent to an activating group) is 1. The first-order valence-corrected chi connectivity index (χ1v) is 8.22. The molecule has 10 nitrogen and oxygen atoms in total. The van der Waals surface area contributed by atoms with Gasteiger partial charge >= 0.3 is 0 Å². The highest BCUT2D eigenvalue weighted by Gasteiger charge is 2.22. The third-order valence-corrected chi connectivity index (χ3v) is 4.24. The summed E-state index contributed by atoms with van der Waals surface area (Å²) in [6.07, 6.45) is 4.77. The summed E-state index contributed by atoms with van der Waals surface area (Å²) >= 11 is 0. The summed E-state index contributed by atoms with van der Waals surface area (Å²) < 4.78 is 12.0. The Kier molecular flexibility index (Phi) is 4.18. The zero-order chi connectivity index (χ0) is 17.2. The lowest BCUT2D eigenvalue weighted by atomic mass is 10.2. The van der Waals surface area contributed by atoms with E-state index in [2.05, 4.69) is 35.2 Å². The highest BCUT2D eigenvalue weighted by molar-refractivity contribution is 5.74. The standard InChI is InChI=1S/C15H20N8O2/c1-21(4-3-11-9-16-22(2)10-11)14-15(23-5-7-24-8-6-23)18-13-12(17-14)19-25-20-13/h9-10H,3-8H2,1-2H3. The predicted molar refractivity (Wildman–Crippen MR) is 90.6 cm³/mol. The molecule has 10 heteroatoms. The molecule has 3 aromatic heterocycles. The second-order valence-electron chi connectivity index (χ2n) is 6.08. The number of rotatable bonds is 5. The first kappa shape index (κ1) is 15.8. The van der Waals surface area contributed by atoms with Crippen LogP contribution in [-0.2, 0) is 18.2 Å². The molecule has 0 radical (unpaired) electrons. The summed E-state index contributed by atoms with van der Waals surface area (Å²) in [5.74, 6) is 1.56. The number of aryl methyl sites for hydroxylation is 1. The Balaban J connectivity index is 1.61. The van der Waals surface area contributed by atoms with Crippen LogP contribution in [0.2, 0.25) is 0 Å². The van der Waals surface area contributed by atoms with Gasteiger partial charge in [-0.15, -0.1) is 0 Å². The Hall–Kier alpha value is -2.75. The van der Waals surface area contributed by atoms with Crippen molar-refractivity contribution >= 4 is 22.9 Å². The molecule has 25 heavy (non-hydrogen) atoms. The lowest BCUT2D eigenvalue weighted by molar-refractivity contribution is 0.122. The molecule has 0 spiro atoms. The average Bonchev–Trinajstić information content (AvgIpc) is 3.27. The van der Waals surface area contributed by atoms with E-state index < -0.39 is 0 Å². The zero-order valence-electron chi connectivity index (χ0n) is 14.3. The van der Waals surface area contributed by atoms with Crippen molar-refractivity contribution in [3.8, 4) is 0 Å². The Morgan fingerprint density at radius 2 is 1.92 bits per heavy atom. The zero-order valence-corrected chi connectivity index (χ0v) is 14.3. The molecule has 1 fully saturated rings. The molecule has 0 saturated carbocycles. The first-order valence-electron chi connectivity index (χ1n) is 8.22. The fourth-order valence-corrected chi connectivity index (χ4v) is 2.87. The van der Waals surface area contributed by atoms with E-state index in [-0.39, 0.29) is 0 Å². The van der Waals surface area contributed by atoms with Gasteiger partial charge in [-0.1, -0.05) is 0 Å². The topological polar surface area (TPSA) is 98.2 Å². The number of nitrogens with zero attached hydrogens (tertiary/aromatic N) is 8. The second-order valence-corrected chi connectivity index (χ2v) is 6.08. The molecule has 1 saturated heterocycles. The van der Waals surface area contributed by atoms with Gasteiger partial charge in [0.2, 0.25) is 11.3 Å². The van der Waals surface area contributed by atoms with Crippen LogP contribution in [0.25, 0.3) is 11.3 Å². The fourth-order valence-electron chi connectivity index (χ4n) is 2.87. The molecule has 132 valence electrons. The number of hydrogen-bond donors (Lipinski definition) is 0. The maximum absolute atomic E-state index is 5.44. The predicted octanol–water partition coefficient (Wildman–Crippen LogP) is 0.262. The number of aromatic nitrogens is 6. The third kappa shape index (κ3) is 3.25. The van der Waals surface area contributed by atoms with Crippen molar-refractivity contribution in [2.45, 2.75) is 6.42 Å². The van der Waals surface area contributed by atoms with E-state index in [9.17, 15) is 0 Å². The lowest BCUT2D eigenvalue weighted by Crippen LogP contribution is -2.38. The van der Waals surface area contributed by atoms with Crippen molar-refractivity contribution in [2.75, 3.05) is 49.7 Å². The van der Waals surface area contributed by atoms with Gasteiger partial charge in [-0.3, -0.25) is 4.68 Å². The maximum atomic E-state index is 5.44. The summed E-state index contributed by atoms with van der Waals surface area (Å²) in [7, 11) is 3.92. The second kappa shape index (κ2) is 6.63. The number of ether oxygens (including phenoxy) is 1. The monoisotopic (exact) mass is 344 g/mol. The Bertz CT molecular complexity index is 854. The number of anilines is 2. The van der Waals surface area contributed by atoms with Gasteiger partial charge in [0.25, 0.3) is 0 Å².